The van der Waals surface area contributed by atoms with Crippen LogP contribution in [0.1, 0.15) is 24.8 Å². The van der Waals surface area contributed by atoms with Crippen LogP contribution in [0.5, 0.6) is 0 Å². The van der Waals surface area contributed by atoms with Crippen molar-refractivity contribution in [3.63, 3.8) is 0 Å². The summed E-state index contributed by atoms with van der Waals surface area (Å²) in [6.45, 7) is 0.912. The van der Waals surface area contributed by atoms with Gasteiger partial charge in [-0.25, -0.2) is 4.98 Å². The summed E-state index contributed by atoms with van der Waals surface area (Å²) in [5.41, 5.74) is 1.00. The van der Waals surface area contributed by atoms with E-state index in [4.69, 9.17) is 23.2 Å². The van der Waals surface area contributed by atoms with Crippen LogP contribution in [0.4, 0.5) is 0 Å². The molecule has 1 aromatic heterocycles. The molecule has 0 aliphatic carbocycles. The van der Waals surface area contributed by atoms with Crippen molar-refractivity contribution in [1.82, 2.24) is 14.8 Å². The number of allylic oxidation sites excluding steroid dienone is 1. The van der Waals surface area contributed by atoms with Crippen LogP contribution in [0.25, 0.3) is 6.08 Å². The molecule has 100 valence electrons. The normalized spacial score (nSPS) is 11.3. The zero-order chi connectivity index (χ0) is 13.5. The molecule has 1 heterocycles. The van der Waals surface area contributed by atoms with E-state index in [9.17, 15) is 0 Å². The number of aromatic nitrogens is 3. The molecule has 0 N–H and O–H groups in total. The van der Waals surface area contributed by atoms with Crippen molar-refractivity contribution >= 4 is 29.3 Å². The van der Waals surface area contributed by atoms with E-state index < -0.39 is 0 Å². The highest BCUT2D eigenvalue weighted by atomic mass is 35.5. The van der Waals surface area contributed by atoms with E-state index in [1.165, 1.54) is 0 Å². The Hall–Kier alpha value is -1.32. The molecule has 0 spiro atoms. The van der Waals surface area contributed by atoms with E-state index in [1.807, 2.05) is 22.9 Å². The van der Waals surface area contributed by atoms with Crippen molar-refractivity contribution in [2.45, 2.75) is 25.8 Å². The third kappa shape index (κ3) is 4.69. The number of halogens is 2. The maximum Gasteiger partial charge on any atom is 0.137 e. The first-order valence-electron chi connectivity index (χ1n) is 6.20. The first-order valence-corrected chi connectivity index (χ1v) is 6.95. The molecular weight excluding hydrogens is 281 g/mol. The van der Waals surface area contributed by atoms with Gasteiger partial charge in [-0.2, -0.15) is 5.10 Å². The zero-order valence-corrected chi connectivity index (χ0v) is 12.0. The summed E-state index contributed by atoms with van der Waals surface area (Å²) in [5.74, 6) is 0. The Morgan fingerprint density at radius 2 is 2.11 bits per heavy atom. The van der Waals surface area contributed by atoms with Crippen LogP contribution in [0.3, 0.4) is 0 Å². The molecule has 0 amide bonds. The van der Waals surface area contributed by atoms with Crippen molar-refractivity contribution < 1.29 is 0 Å². The van der Waals surface area contributed by atoms with Gasteiger partial charge in [0.05, 0.1) is 0 Å². The molecule has 0 bridgehead atoms. The molecule has 3 nitrogen and oxygen atoms in total. The largest absolute Gasteiger partial charge is 0.253 e. The van der Waals surface area contributed by atoms with Gasteiger partial charge < -0.3 is 0 Å². The molecule has 0 saturated carbocycles. The van der Waals surface area contributed by atoms with Crippen molar-refractivity contribution in [1.29, 1.82) is 0 Å². The van der Waals surface area contributed by atoms with Crippen LogP contribution in [0.15, 0.2) is 36.9 Å². The fourth-order valence-electron chi connectivity index (χ4n) is 1.73. The second kappa shape index (κ2) is 7.31. The summed E-state index contributed by atoms with van der Waals surface area (Å²) in [7, 11) is 0. The minimum atomic E-state index is 0.662. The summed E-state index contributed by atoms with van der Waals surface area (Å²) in [5, 5.41) is 5.41. The second-order valence-electron chi connectivity index (χ2n) is 4.22. The smallest absolute Gasteiger partial charge is 0.137 e. The minimum absolute atomic E-state index is 0.662. The van der Waals surface area contributed by atoms with E-state index in [-0.39, 0.29) is 0 Å². The molecule has 19 heavy (non-hydrogen) atoms. The van der Waals surface area contributed by atoms with E-state index >= 15 is 0 Å². The SMILES string of the molecule is Clc1ccc(/C=C/CCCCn2cncn2)c(Cl)c1. The van der Waals surface area contributed by atoms with E-state index in [1.54, 1.807) is 18.7 Å². The molecule has 0 saturated heterocycles. The summed E-state index contributed by atoms with van der Waals surface area (Å²) in [6, 6.07) is 5.53. The number of unbranched alkanes of at least 4 members (excludes halogenated alkanes) is 2. The van der Waals surface area contributed by atoms with Crippen molar-refractivity contribution in [3.05, 3.63) is 52.5 Å². The van der Waals surface area contributed by atoms with E-state index in [2.05, 4.69) is 16.2 Å². The van der Waals surface area contributed by atoms with Crippen LogP contribution in [0, 0.1) is 0 Å². The number of hydrogen-bond acceptors (Lipinski definition) is 2. The molecule has 0 aliphatic heterocycles. The second-order valence-corrected chi connectivity index (χ2v) is 5.07. The maximum absolute atomic E-state index is 6.08. The van der Waals surface area contributed by atoms with Crippen molar-refractivity contribution in [3.8, 4) is 0 Å². The fraction of sp³-hybridized carbons (Fsp3) is 0.286. The van der Waals surface area contributed by atoms with Gasteiger partial charge >= 0.3 is 0 Å². The van der Waals surface area contributed by atoms with Crippen molar-refractivity contribution in [2.24, 2.45) is 0 Å². The lowest BCUT2D eigenvalue weighted by molar-refractivity contribution is 0.559. The third-order valence-corrected chi connectivity index (χ3v) is 3.30. The number of hydrogen-bond donors (Lipinski definition) is 0. The average Bonchev–Trinajstić information content (AvgIpc) is 2.89. The Labute approximate surface area is 122 Å². The molecule has 0 radical (unpaired) electrons. The first-order chi connectivity index (χ1) is 9.25. The molecule has 5 heteroatoms. The topological polar surface area (TPSA) is 30.7 Å². The Kier molecular flexibility index (Phi) is 5.43. The summed E-state index contributed by atoms with van der Waals surface area (Å²) < 4.78 is 1.85. The predicted molar refractivity (Wildman–Crippen MR) is 79.4 cm³/mol. The molecule has 0 unspecified atom stereocenters. The number of nitrogens with zero attached hydrogens (tertiary/aromatic N) is 3. The zero-order valence-electron chi connectivity index (χ0n) is 10.5. The Morgan fingerprint density at radius 3 is 2.84 bits per heavy atom. The molecule has 0 atom stereocenters. The summed E-state index contributed by atoms with van der Waals surface area (Å²) >= 11 is 11.9. The molecule has 2 rings (SSSR count). The van der Waals surface area contributed by atoms with Crippen LogP contribution in [-0.4, -0.2) is 14.8 Å². The van der Waals surface area contributed by atoms with Crippen LogP contribution < -0.4 is 0 Å². The Balaban J connectivity index is 1.71. The number of rotatable bonds is 6. The third-order valence-electron chi connectivity index (χ3n) is 2.73. The van der Waals surface area contributed by atoms with Gasteiger partial charge in [0.25, 0.3) is 0 Å². The Bertz CT molecular complexity index is 536. The van der Waals surface area contributed by atoms with Crippen LogP contribution in [-0.2, 0) is 6.54 Å². The summed E-state index contributed by atoms with van der Waals surface area (Å²) in [4.78, 5) is 3.91. The number of aryl methyl sites for hydroxylation is 1. The molecular formula is C14H15Cl2N3. The highest BCUT2D eigenvalue weighted by molar-refractivity contribution is 6.35. The van der Waals surface area contributed by atoms with Gasteiger partial charge in [0, 0.05) is 16.6 Å². The van der Waals surface area contributed by atoms with Gasteiger partial charge in [-0.05, 0) is 37.0 Å². The standard InChI is InChI=1S/C14H15Cl2N3/c15-13-7-6-12(14(16)9-13)5-3-1-2-4-8-19-11-17-10-18-19/h3,5-7,9-11H,1-2,4,8H2/b5-3+. The van der Waals surface area contributed by atoms with Gasteiger partial charge in [-0.3, -0.25) is 4.68 Å². The molecule has 0 aliphatic rings. The van der Waals surface area contributed by atoms with E-state index in [0.29, 0.717) is 10.0 Å². The van der Waals surface area contributed by atoms with Gasteiger partial charge in [-0.15, -0.1) is 0 Å². The monoisotopic (exact) mass is 295 g/mol. The lowest BCUT2D eigenvalue weighted by atomic mass is 10.1. The van der Waals surface area contributed by atoms with Crippen molar-refractivity contribution in [2.75, 3.05) is 0 Å². The minimum Gasteiger partial charge on any atom is -0.253 e. The van der Waals surface area contributed by atoms with Gasteiger partial charge in [-0.1, -0.05) is 41.4 Å². The molecule has 1 aromatic carbocycles. The average molecular weight is 296 g/mol. The van der Waals surface area contributed by atoms with E-state index in [0.717, 1.165) is 31.4 Å². The van der Waals surface area contributed by atoms with Gasteiger partial charge in [0.2, 0.25) is 0 Å². The highest BCUT2D eigenvalue weighted by Gasteiger charge is 1.97. The van der Waals surface area contributed by atoms with Gasteiger partial charge in [0.1, 0.15) is 12.7 Å². The number of benzene rings is 1. The van der Waals surface area contributed by atoms with Crippen LogP contribution in [0.2, 0.25) is 10.0 Å². The molecule has 2 aromatic rings. The Morgan fingerprint density at radius 1 is 1.21 bits per heavy atom. The van der Waals surface area contributed by atoms with Gasteiger partial charge in [0.15, 0.2) is 0 Å². The first kappa shape index (κ1) is 14.1. The van der Waals surface area contributed by atoms with Crippen LogP contribution >= 0.6 is 23.2 Å². The predicted octanol–water partition coefficient (Wildman–Crippen LogP) is 4.47. The highest BCUT2D eigenvalue weighted by Crippen LogP contribution is 2.22. The molecule has 0 fully saturated rings. The maximum atomic E-state index is 6.08. The lowest BCUT2D eigenvalue weighted by Gasteiger charge is -2.00. The lowest BCUT2D eigenvalue weighted by Crippen LogP contribution is -1.97. The fourth-order valence-corrected chi connectivity index (χ4v) is 2.20. The quantitative estimate of drug-likeness (QED) is 0.736. The summed E-state index contributed by atoms with van der Waals surface area (Å²) in [6.07, 6.45) is 10.7.